The van der Waals surface area contributed by atoms with Gasteiger partial charge in [0.05, 0.1) is 5.41 Å². The standard InChI is InChI=1S/C15H28O4Si/c1-7-10-15(17-4)14(3,13(16)8-2)11-9-12-20(15,18-5)19-6/h8H,2,7,9-12H2,1,3-6H3. The molecule has 0 bridgehead atoms. The molecule has 20 heavy (non-hydrogen) atoms. The first-order valence-corrected chi connectivity index (χ1v) is 9.28. The van der Waals surface area contributed by atoms with Crippen molar-refractivity contribution in [3.63, 3.8) is 0 Å². The summed E-state index contributed by atoms with van der Waals surface area (Å²) in [6, 6.07) is 0.855. The molecule has 1 aliphatic heterocycles. The molecule has 5 heteroatoms. The lowest BCUT2D eigenvalue weighted by Gasteiger charge is -2.56. The van der Waals surface area contributed by atoms with Gasteiger partial charge in [-0.15, -0.1) is 0 Å². The summed E-state index contributed by atoms with van der Waals surface area (Å²) < 4.78 is 17.8. The van der Waals surface area contributed by atoms with Gasteiger partial charge in [0.1, 0.15) is 5.22 Å². The lowest BCUT2D eigenvalue weighted by atomic mass is 9.73. The minimum absolute atomic E-state index is 0.0264. The zero-order valence-electron chi connectivity index (χ0n) is 13.5. The number of methoxy groups -OCH3 is 1. The smallest absolute Gasteiger partial charge is 0.371 e. The van der Waals surface area contributed by atoms with Gasteiger partial charge < -0.3 is 13.6 Å². The Labute approximate surface area is 123 Å². The third-order valence-corrected chi connectivity index (χ3v) is 9.60. The minimum atomic E-state index is -2.64. The van der Waals surface area contributed by atoms with Crippen LogP contribution in [-0.4, -0.2) is 40.9 Å². The van der Waals surface area contributed by atoms with Crippen LogP contribution in [0, 0.1) is 5.41 Å². The van der Waals surface area contributed by atoms with Gasteiger partial charge in [0.2, 0.25) is 0 Å². The summed E-state index contributed by atoms with van der Waals surface area (Å²) in [5.41, 5.74) is -0.629. The summed E-state index contributed by atoms with van der Waals surface area (Å²) >= 11 is 0. The van der Waals surface area contributed by atoms with Crippen LogP contribution >= 0.6 is 0 Å². The highest BCUT2D eigenvalue weighted by Crippen LogP contribution is 2.54. The minimum Gasteiger partial charge on any atom is -0.396 e. The van der Waals surface area contributed by atoms with Crippen molar-refractivity contribution in [2.75, 3.05) is 21.3 Å². The highest BCUT2D eigenvalue weighted by Gasteiger charge is 2.69. The van der Waals surface area contributed by atoms with Gasteiger partial charge in [0, 0.05) is 21.3 Å². The molecule has 0 amide bonds. The first kappa shape index (κ1) is 17.6. The summed E-state index contributed by atoms with van der Waals surface area (Å²) in [6.45, 7) is 7.75. The van der Waals surface area contributed by atoms with Crippen molar-refractivity contribution < 1.29 is 18.4 Å². The number of ether oxygens (including phenoxy) is 1. The van der Waals surface area contributed by atoms with Gasteiger partial charge in [-0.25, -0.2) is 0 Å². The number of rotatable bonds is 7. The Morgan fingerprint density at radius 2 is 1.95 bits per heavy atom. The molecule has 116 valence electrons. The zero-order chi connectivity index (χ0) is 15.4. The van der Waals surface area contributed by atoms with E-state index in [0.29, 0.717) is 0 Å². The highest BCUT2D eigenvalue weighted by atomic mass is 28.4. The molecule has 4 nitrogen and oxygen atoms in total. The monoisotopic (exact) mass is 300 g/mol. The van der Waals surface area contributed by atoms with E-state index in [4.69, 9.17) is 13.6 Å². The molecular weight excluding hydrogens is 272 g/mol. The van der Waals surface area contributed by atoms with Crippen LogP contribution in [-0.2, 0) is 18.4 Å². The molecule has 1 rings (SSSR count). The molecule has 1 saturated heterocycles. The Kier molecular flexibility index (Phi) is 5.72. The largest absolute Gasteiger partial charge is 0.396 e. The van der Waals surface area contributed by atoms with Crippen molar-refractivity contribution in [2.24, 2.45) is 5.41 Å². The number of carbonyl (C=O) groups excluding carboxylic acids is 1. The van der Waals surface area contributed by atoms with Crippen molar-refractivity contribution in [2.45, 2.75) is 50.8 Å². The number of hydrogen-bond acceptors (Lipinski definition) is 4. The van der Waals surface area contributed by atoms with E-state index < -0.39 is 19.2 Å². The second kappa shape index (κ2) is 6.51. The van der Waals surface area contributed by atoms with Crippen LogP contribution in [0.25, 0.3) is 0 Å². The second-order valence-corrected chi connectivity index (χ2v) is 9.33. The predicted molar refractivity (Wildman–Crippen MR) is 81.8 cm³/mol. The average Bonchev–Trinajstić information content (AvgIpc) is 2.48. The van der Waals surface area contributed by atoms with Gasteiger partial charge in [-0.1, -0.05) is 26.3 Å². The van der Waals surface area contributed by atoms with E-state index in [1.807, 2.05) is 6.92 Å². The fourth-order valence-corrected chi connectivity index (χ4v) is 8.28. The molecule has 0 aromatic carbocycles. The molecule has 0 N–H and O–H groups in total. The Hall–Kier alpha value is -0.493. The predicted octanol–water partition coefficient (Wildman–Crippen LogP) is 3.00. The molecule has 1 fully saturated rings. The molecule has 0 saturated carbocycles. The molecule has 1 aliphatic rings. The molecule has 2 atom stereocenters. The molecule has 2 unspecified atom stereocenters. The van der Waals surface area contributed by atoms with E-state index >= 15 is 0 Å². The summed E-state index contributed by atoms with van der Waals surface area (Å²) in [5.74, 6) is 0.0264. The summed E-state index contributed by atoms with van der Waals surface area (Å²) in [5, 5.41) is -0.665. The number of carbonyl (C=O) groups is 1. The molecule has 0 aliphatic carbocycles. The maximum Gasteiger partial charge on any atom is 0.371 e. The molecule has 0 aromatic rings. The number of hydrogen-bond donors (Lipinski definition) is 0. The molecular formula is C15H28O4Si. The first-order chi connectivity index (χ1) is 9.43. The van der Waals surface area contributed by atoms with Crippen LogP contribution in [0.4, 0.5) is 0 Å². The average molecular weight is 300 g/mol. The molecule has 0 aromatic heterocycles. The third-order valence-electron chi connectivity index (χ3n) is 5.03. The van der Waals surface area contributed by atoms with E-state index in [2.05, 4.69) is 13.5 Å². The summed E-state index contributed by atoms with van der Waals surface area (Å²) in [7, 11) is 2.41. The van der Waals surface area contributed by atoms with E-state index in [-0.39, 0.29) is 5.78 Å². The van der Waals surface area contributed by atoms with Gasteiger partial charge >= 0.3 is 8.56 Å². The van der Waals surface area contributed by atoms with Crippen LogP contribution in [0.3, 0.4) is 0 Å². The normalized spacial score (nSPS) is 32.9. The van der Waals surface area contributed by atoms with E-state index in [1.54, 1.807) is 21.3 Å². The second-order valence-electron chi connectivity index (χ2n) is 5.70. The summed E-state index contributed by atoms with van der Waals surface area (Å²) in [6.07, 6.45) is 4.79. The van der Waals surface area contributed by atoms with Crippen molar-refractivity contribution in [3.8, 4) is 0 Å². The van der Waals surface area contributed by atoms with Crippen LogP contribution < -0.4 is 0 Å². The molecule has 1 heterocycles. The highest BCUT2D eigenvalue weighted by molar-refractivity contribution is 6.71. The number of ketones is 1. The van der Waals surface area contributed by atoms with Crippen LogP contribution in [0.5, 0.6) is 0 Å². The molecule has 0 spiro atoms. The van der Waals surface area contributed by atoms with Gasteiger partial charge in [0.25, 0.3) is 0 Å². The number of allylic oxidation sites excluding steroid dienone is 1. The van der Waals surface area contributed by atoms with Crippen molar-refractivity contribution in [1.82, 2.24) is 0 Å². The van der Waals surface area contributed by atoms with E-state index in [1.165, 1.54) is 6.08 Å². The maximum absolute atomic E-state index is 12.6. The van der Waals surface area contributed by atoms with E-state index in [0.717, 1.165) is 31.7 Å². The Bertz CT molecular complexity index is 367. The third kappa shape index (κ3) is 2.21. The van der Waals surface area contributed by atoms with Gasteiger partial charge in [-0.05, 0) is 31.9 Å². The Balaban J connectivity index is 3.50. The van der Waals surface area contributed by atoms with Crippen molar-refractivity contribution in [3.05, 3.63) is 12.7 Å². The van der Waals surface area contributed by atoms with Crippen LogP contribution in [0.2, 0.25) is 6.04 Å². The lowest BCUT2D eigenvalue weighted by Crippen LogP contribution is -2.73. The zero-order valence-corrected chi connectivity index (χ0v) is 14.5. The van der Waals surface area contributed by atoms with Crippen LogP contribution in [0.15, 0.2) is 12.7 Å². The van der Waals surface area contributed by atoms with Crippen LogP contribution in [0.1, 0.15) is 39.5 Å². The Morgan fingerprint density at radius 1 is 1.35 bits per heavy atom. The first-order valence-electron chi connectivity index (χ1n) is 7.26. The van der Waals surface area contributed by atoms with Crippen molar-refractivity contribution in [1.29, 1.82) is 0 Å². The lowest BCUT2D eigenvalue weighted by molar-refractivity contribution is -0.146. The topological polar surface area (TPSA) is 44.8 Å². The van der Waals surface area contributed by atoms with Gasteiger partial charge in [0.15, 0.2) is 5.78 Å². The fourth-order valence-electron chi connectivity index (χ4n) is 3.96. The summed E-state index contributed by atoms with van der Waals surface area (Å²) in [4.78, 5) is 12.6. The van der Waals surface area contributed by atoms with Gasteiger partial charge in [-0.2, -0.15) is 0 Å². The van der Waals surface area contributed by atoms with Crippen molar-refractivity contribution >= 4 is 14.3 Å². The molecule has 0 radical (unpaired) electrons. The van der Waals surface area contributed by atoms with Gasteiger partial charge in [-0.3, -0.25) is 4.79 Å². The quantitative estimate of drug-likeness (QED) is 0.535. The SMILES string of the molecule is C=CC(=O)C1(C)CCC[Si](OC)(OC)C1(CCC)OC. The maximum atomic E-state index is 12.6. The fraction of sp³-hybridized carbons (Fsp3) is 0.800. The van der Waals surface area contributed by atoms with E-state index in [9.17, 15) is 4.79 Å². The Morgan fingerprint density at radius 3 is 2.35 bits per heavy atom.